The van der Waals surface area contributed by atoms with Crippen molar-refractivity contribution in [2.45, 2.75) is 70.9 Å². The minimum atomic E-state index is -0.127. The second-order valence-corrected chi connectivity index (χ2v) is 13.1. The smallest absolute Gasteiger partial charge is 0.269 e. The summed E-state index contributed by atoms with van der Waals surface area (Å²) >= 11 is 1.62. The second-order valence-electron chi connectivity index (χ2n) is 12.0. The van der Waals surface area contributed by atoms with Crippen molar-refractivity contribution >= 4 is 46.3 Å². The fraction of sp³-hybridized carbons (Fsp3) is 0.333. The van der Waals surface area contributed by atoms with Gasteiger partial charge >= 0.3 is 0 Å². The Morgan fingerprint density at radius 3 is 2.50 bits per heavy atom. The molecule has 216 valence electrons. The Kier molecular flexibility index (Phi) is 7.65. The van der Waals surface area contributed by atoms with Gasteiger partial charge in [0.1, 0.15) is 11.2 Å². The Bertz CT molecular complexity index is 1870. The van der Waals surface area contributed by atoms with Crippen molar-refractivity contribution in [3.63, 3.8) is 0 Å². The summed E-state index contributed by atoms with van der Waals surface area (Å²) in [5, 5.41) is 0. The Morgan fingerprint density at radius 1 is 0.976 bits per heavy atom. The predicted octanol–water partition coefficient (Wildman–Crippen LogP) is 3.43. The van der Waals surface area contributed by atoms with E-state index in [0.717, 1.165) is 21.3 Å². The van der Waals surface area contributed by atoms with Crippen molar-refractivity contribution in [2.75, 3.05) is 11.4 Å². The van der Waals surface area contributed by atoms with Gasteiger partial charge in [0, 0.05) is 47.6 Å². The number of rotatable bonds is 5. The summed E-state index contributed by atoms with van der Waals surface area (Å²) in [7, 11) is 0. The Hall–Kier alpha value is -3.22. The zero-order valence-corrected chi connectivity index (χ0v) is 27.2. The Morgan fingerprint density at radius 2 is 1.74 bits per heavy atom. The van der Waals surface area contributed by atoms with Crippen LogP contribution in [0.3, 0.4) is 0 Å². The molecular weight excluding hydrogens is 602 g/mol. The van der Waals surface area contributed by atoms with Gasteiger partial charge in [-0.15, -0.1) is 11.3 Å². The number of para-hydroxylation sites is 2. The molecule has 1 fully saturated rings. The standard InChI is InChI=1S/C36H38N3OS.BrH/c1-5-37-31-17-11-10-16-28(31)36(3,4)33(37)23-34-38(6-2)35(40)32(41-34)22-24-19-20-30-27(21-24)26-15-12-18-29(26)39(30)25-13-8-7-9-14-25;/h7-11,13-14,16-17,19-23,26,29H,5-6,12,15,18H2,1-4H3;1H/q+1;/p-1/b32-22+;. The molecular formula is C36H38BrN3OS. The average molecular weight is 641 g/mol. The molecule has 1 saturated carbocycles. The number of nitrogens with zero attached hydrogens (tertiary/aromatic N) is 3. The molecule has 3 heterocycles. The lowest BCUT2D eigenvalue weighted by atomic mass is 9.81. The van der Waals surface area contributed by atoms with Crippen molar-refractivity contribution in [1.82, 2.24) is 4.57 Å². The molecule has 0 radical (unpaired) electrons. The van der Waals surface area contributed by atoms with Gasteiger partial charge in [-0.05, 0) is 82.0 Å². The van der Waals surface area contributed by atoms with E-state index in [9.17, 15) is 4.79 Å². The summed E-state index contributed by atoms with van der Waals surface area (Å²) in [5.74, 6) is 0.556. The zero-order chi connectivity index (χ0) is 28.3. The Labute approximate surface area is 262 Å². The first-order valence-corrected chi connectivity index (χ1v) is 15.9. The molecule has 3 aliphatic rings. The average Bonchev–Trinajstić information content (AvgIpc) is 3.70. The maximum Gasteiger partial charge on any atom is 0.269 e. The molecule has 4 nitrogen and oxygen atoms in total. The van der Waals surface area contributed by atoms with E-state index in [1.807, 2.05) is 4.57 Å². The molecule has 1 aromatic heterocycles. The summed E-state index contributed by atoms with van der Waals surface area (Å²) in [5.41, 5.74) is 9.00. The third-order valence-corrected chi connectivity index (χ3v) is 10.5. The lowest BCUT2D eigenvalue weighted by Crippen LogP contribution is -3.00. The summed E-state index contributed by atoms with van der Waals surface area (Å²) in [6.45, 7) is 10.4. The number of hydrogen-bond donors (Lipinski definition) is 0. The van der Waals surface area contributed by atoms with Crippen LogP contribution in [-0.4, -0.2) is 27.4 Å². The highest BCUT2D eigenvalue weighted by Crippen LogP contribution is 2.52. The van der Waals surface area contributed by atoms with Gasteiger partial charge < -0.3 is 21.9 Å². The van der Waals surface area contributed by atoms with Crippen LogP contribution in [0.15, 0.2) is 77.6 Å². The van der Waals surface area contributed by atoms with Crippen LogP contribution in [-0.2, 0) is 12.0 Å². The number of halogens is 1. The van der Waals surface area contributed by atoms with Crippen LogP contribution in [0.1, 0.15) is 69.6 Å². The van der Waals surface area contributed by atoms with Crippen LogP contribution in [0.25, 0.3) is 12.2 Å². The molecule has 0 amide bonds. The monoisotopic (exact) mass is 639 g/mol. The first kappa shape index (κ1) is 28.9. The molecule has 3 aromatic carbocycles. The van der Waals surface area contributed by atoms with E-state index >= 15 is 0 Å². The van der Waals surface area contributed by atoms with Crippen LogP contribution in [0.5, 0.6) is 0 Å². The van der Waals surface area contributed by atoms with Crippen molar-refractivity contribution in [2.24, 2.45) is 0 Å². The van der Waals surface area contributed by atoms with E-state index in [2.05, 4.69) is 122 Å². The highest BCUT2D eigenvalue weighted by molar-refractivity contribution is 7.07. The molecule has 0 spiro atoms. The minimum Gasteiger partial charge on any atom is -1.00 e. The van der Waals surface area contributed by atoms with E-state index in [-0.39, 0.29) is 28.0 Å². The van der Waals surface area contributed by atoms with Crippen LogP contribution >= 0.6 is 11.3 Å². The van der Waals surface area contributed by atoms with E-state index in [4.69, 9.17) is 0 Å². The summed E-state index contributed by atoms with van der Waals surface area (Å²) in [4.78, 5) is 16.2. The molecule has 1 aliphatic carbocycles. The highest BCUT2D eigenvalue weighted by Gasteiger charge is 2.44. The lowest BCUT2D eigenvalue weighted by molar-refractivity contribution is -0.432. The van der Waals surface area contributed by atoms with E-state index in [1.165, 1.54) is 53.2 Å². The number of benzene rings is 3. The fourth-order valence-electron chi connectivity index (χ4n) is 7.54. The normalized spacial score (nSPS) is 21.0. The topological polar surface area (TPSA) is 28.2 Å². The molecule has 6 heteroatoms. The van der Waals surface area contributed by atoms with Gasteiger partial charge in [0.05, 0.1) is 9.95 Å². The summed E-state index contributed by atoms with van der Waals surface area (Å²) < 4.78 is 6.16. The van der Waals surface area contributed by atoms with Gasteiger partial charge in [0.25, 0.3) is 5.56 Å². The molecule has 2 atom stereocenters. The van der Waals surface area contributed by atoms with Crippen LogP contribution < -0.4 is 36.6 Å². The first-order chi connectivity index (χ1) is 19.9. The van der Waals surface area contributed by atoms with Crippen molar-refractivity contribution < 1.29 is 21.6 Å². The molecule has 0 bridgehead atoms. The van der Waals surface area contributed by atoms with Crippen molar-refractivity contribution in [3.05, 3.63) is 109 Å². The van der Waals surface area contributed by atoms with Gasteiger partial charge in [-0.3, -0.25) is 9.36 Å². The van der Waals surface area contributed by atoms with E-state index in [0.29, 0.717) is 18.5 Å². The van der Waals surface area contributed by atoms with Crippen molar-refractivity contribution in [1.29, 1.82) is 0 Å². The fourth-order valence-corrected chi connectivity index (χ4v) is 8.65. The summed E-state index contributed by atoms with van der Waals surface area (Å²) in [6.07, 6.45) is 8.11. The third kappa shape index (κ3) is 4.46. The second kappa shape index (κ2) is 11.1. The van der Waals surface area contributed by atoms with Crippen LogP contribution in [0, 0.1) is 0 Å². The number of aromatic nitrogens is 1. The minimum absolute atomic E-state index is 0. The van der Waals surface area contributed by atoms with Gasteiger partial charge in [-0.2, -0.15) is 4.58 Å². The largest absolute Gasteiger partial charge is 1.00 e. The number of anilines is 2. The third-order valence-electron chi connectivity index (χ3n) is 9.48. The van der Waals surface area contributed by atoms with Gasteiger partial charge in [0.15, 0.2) is 5.71 Å². The predicted molar refractivity (Wildman–Crippen MR) is 172 cm³/mol. The lowest BCUT2D eigenvalue weighted by Gasteiger charge is -2.27. The molecule has 4 aromatic rings. The van der Waals surface area contributed by atoms with E-state index in [1.54, 1.807) is 11.3 Å². The molecule has 2 unspecified atom stereocenters. The van der Waals surface area contributed by atoms with Gasteiger partial charge in [-0.25, -0.2) is 0 Å². The molecule has 2 aliphatic heterocycles. The molecule has 0 saturated heterocycles. The maximum absolute atomic E-state index is 13.7. The molecule has 7 rings (SSSR count). The van der Waals surface area contributed by atoms with Crippen molar-refractivity contribution in [3.8, 4) is 0 Å². The SMILES string of the molecule is CCn1c(=O)/c(=C\c2ccc3c(c2)C2CCCC2N3c2ccccc2)s/c1=C\C1=[N+](CC)c2ccccc2C1(C)C.[Br-]. The quantitative estimate of drug-likeness (QED) is 0.313. The molecule has 42 heavy (non-hydrogen) atoms. The maximum atomic E-state index is 13.7. The van der Waals surface area contributed by atoms with Crippen LogP contribution in [0.2, 0.25) is 0 Å². The van der Waals surface area contributed by atoms with Gasteiger partial charge in [-0.1, -0.05) is 48.9 Å². The number of thiazole rings is 1. The highest BCUT2D eigenvalue weighted by atomic mass is 79.9. The van der Waals surface area contributed by atoms with E-state index < -0.39 is 0 Å². The number of hydrogen-bond acceptors (Lipinski definition) is 3. The summed E-state index contributed by atoms with van der Waals surface area (Å²) in [6, 6.07) is 26.8. The van der Waals surface area contributed by atoms with Crippen LogP contribution in [0.4, 0.5) is 17.1 Å². The zero-order valence-electron chi connectivity index (χ0n) is 24.8. The van der Waals surface area contributed by atoms with Gasteiger partial charge in [0.2, 0.25) is 5.69 Å². The molecule has 0 N–H and O–H groups in total. The first-order valence-electron chi connectivity index (χ1n) is 15.1. The Balaban J connectivity index is 0.00000316. The number of fused-ring (bicyclic) bond motifs is 4.